The van der Waals surface area contributed by atoms with Crippen molar-refractivity contribution < 1.29 is 4.74 Å². The first-order valence-electron chi connectivity index (χ1n) is 4.06. The molecule has 0 N–H and O–H groups in total. The molecule has 2 rings (SSSR count). The molecule has 0 radical (unpaired) electrons. The van der Waals surface area contributed by atoms with Crippen LogP contribution in [0.2, 0.25) is 4.34 Å². The van der Waals surface area contributed by atoms with Gasteiger partial charge in [-0.1, -0.05) is 11.6 Å². The first-order valence-corrected chi connectivity index (χ1v) is 6.48. The molecule has 74 valence electrons. The van der Waals surface area contributed by atoms with Crippen molar-refractivity contribution in [3.63, 3.8) is 0 Å². The maximum Gasteiger partial charge on any atom is 0.141 e. The Morgan fingerprint density at radius 2 is 2.21 bits per heavy atom. The van der Waals surface area contributed by atoms with Gasteiger partial charge >= 0.3 is 0 Å². The van der Waals surface area contributed by atoms with E-state index < -0.39 is 0 Å². The van der Waals surface area contributed by atoms with Gasteiger partial charge in [0.25, 0.3) is 0 Å². The zero-order valence-corrected chi connectivity index (χ0v) is 10.2. The maximum absolute atomic E-state index is 5.96. The van der Waals surface area contributed by atoms with E-state index in [4.69, 9.17) is 16.3 Å². The van der Waals surface area contributed by atoms with E-state index in [1.54, 1.807) is 30.2 Å². The Labute approximate surface area is 96.0 Å². The summed E-state index contributed by atoms with van der Waals surface area (Å²) in [4.78, 5) is 1.15. The predicted octanol–water partition coefficient (Wildman–Crippen LogP) is 4.29. The predicted molar refractivity (Wildman–Crippen MR) is 65.2 cm³/mol. The lowest BCUT2D eigenvalue weighted by Crippen LogP contribution is -1.85. The number of halogens is 1. The highest BCUT2D eigenvalue weighted by atomic mass is 35.5. The van der Waals surface area contributed by atoms with Crippen molar-refractivity contribution >= 4 is 44.8 Å². The van der Waals surface area contributed by atoms with Crippen LogP contribution in [-0.4, -0.2) is 13.4 Å². The molecule has 0 aliphatic heterocycles. The van der Waals surface area contributed by atoms with Crippen LogP contribution in [0.25, 0.3) is 10.1 Å². The van der Waals surface area contributed by atoms with Crippen LogP contribution in [-0.2, 0) is 0 Å². The van der Waals surface area contributed by atoms with Crippen molar-refractivity contribution in [3.05, 3.63) is 22.5 Å². The Bertz CT molecular complexity index is 464. The van der Waals surface area contributed by atoms with Crippen LogP contribution in [0.15, 0.2) is 23.1 Å². The second-order valence-electron chi connectivity index (χ2n) is 2.76. The summed E-state index contributed by atoms with van der Waals surface area (Å²) in [5, 5.41) is 1.11. The van der Waals surface area contributed by atoms with E-state index in [0.29, 0.717) is 0 Å². The molecule has 0 saturated heterocycles. The summed E-state index contributed by atoms with van der Waals surface area (Å²) in [6.07, 6.45) is 2.04. The number of thiophene rings is 1. The normalized spacial score (nSPS) is 10.8. The summed E-state index contributed by atoms with van der Waals surface area (Å²) in [7, 11) is 1.69. The first-order chi connectivity index (χ1) is 6.76. The van der Waals surface area contributed by atoms with Gasteiger partial charge in [-0.3, -0.25) is 0 Å². The number of rotatable bonds is 2. The quantitative estimate of drug-likeness (QED) is 0.729. The van der Waals surface area contributed by atoms with Gasteiger partial charge in [0, 0.05) is 15.0 Å². The number of hydrogen-bond acceptors (Lipinski definition) is 3. The highest BCUT2D eigenvalue weighted by molar-refractivity contribution is 7.98. The Kier molecular flexibility index (Phi) is 2.91. The summed E-state index contributed by atoms with van der Waals surface area (Å²) in [5.74, 6) is 0.929. The van der Waals surface area contributed by atoms with Crippen molar-refractivity contribution in [2.24, 2.45) is 0 Å². The fourth-order valence-electron chi connectivity index (χ4n) is 1.41. The van der Waals surface area contributed by atoms with Crippen molar-refractivity contribution in [3.8, 4) is 5.75 Å². The SMILES string of the molecule is COc1c(SC)ccc2sc(Cl)cc12. The molecule has 1 heterocycles. The lowest BCUT2D eigenvalue weighted by molar-refractivity contribution is 0.410. The molecule has 0 aliphatic carbocycles. The van der Waals surface area contributed by atoms with Gasteiger partial charge in [-0.15, -0.1) is 23.1 Å². The minimum atomic E-state index is 0.802. The molecule has 0 aliphatic rings. The topological polar surface area (TPSA) is 9.23 Å². The lowest BCUT2D eigenvalue weighted by Gasteiger charge is -2.06. The second-order valence-corrected chi connectivity index (χ2v) is 5.33. The smallest absolute Gasteiger partial charge is 0.141 e. The zero-order valence-electron chi connectivity index (χ0n) is 7.83. The number of thioether (sulfide) groups is 1. The fraction of sp³-hybridized carbons (Fsp3) is 0.200. The summed E-state index contributed by atoms with van der Waals surface area (Å²) < 4.78 is 7.36. The zero-order chi connectivity index (χ0) is 10.1. The Morgan fingerprint density at radius 1 is 1.43 bits per heavy atom. The third-order valence-electron chi connectivity index (χ3n) is 2.01. The van der Waals surface area contributed by atoms with Gasteiger partial charge in [0.15, 0.2) is 0 Å². The van der Waals surface area contributed by atoms with Crippen molar-refractivity contribution in [2.45, 2.75) is 4.90 Å². The van der Waals surface area contributed by atoms with Crippen LogP contribution >= 0.6 is 34.7 Å². The van der Waals surface area contributed by atoms with Crippen LogP contribution in [0.5, 0.6) is 5.75 Å². The van der Waals surface area contributed by atoms with Gasteiger partial charge in [0.05, 0.1) is 11.4 Å². The first kappa shape index (κ1) is 10.1. The number of hydrogen-bond donors (Lipinski definition) is 0. The standard InChI is InChI=1S/C10H9ClOS2/c1-12-10-6-5-9(11)14-7(6)3-4-8(10)13-2/h3-5H,1-2H3. The van der Waals surface area contributed by atoms with Gasteiger partial charge in [-0.05, 0) is 24.5 Å². The Hall–Kier alpha value is -0.380. The van der Waals surface area contributed by atoms with Crippen molar-refractivity contribution in [2.75, 3.05) is 13.4 Å². The van der Waals surface area contributed by atoms with Crippen molar-refractivity contribution in [1.82, 2.24) is 0 Å². The molecule has 2 aromatic rings. The number of benzene rings is 1. The van der Waals surface area contributed by atoms with Gasteiger partial charge in [-0.25, -0.2) is 0 Å². The largest absolute Gasteiger partial charge is 0.495 e. The summed E-state index contributed by atoms with van der Waals surface area (Å²) >= 11 is 9.22. The molecule has 0 saturated carbocycles. The van der Waals surface area contributed by atoms with Crippen LogP contribution in [0.1, 0.15) is 0 Å². The highest BCUT2D eigenvalue weighted by Crippen LogP contribution is 2.40. The van der Waals surface area contributed by atoms with Gasteiger partial charge in [0.2, 0.25) is 0 Å². The molecule has 1 aromatic carbocycles. The average Bonchev–Trinajstić information content (AvgIpc) is 2.56. The van der Waals surface area contributed by atoms with Gasteiger partial charge in [-0.2, -0.15) is 0 Å². The third-order valence-corrected chi connectivity index (χ3v) is 4.00. The summed E-state index contributed by atoms with van der Waals surface area (Å²) in [5.41, 5.74) is 0. The second kappa shape index (κ2) is 4.01. The molecular weight excluding hydrogens is 236 g/mol. The number of methoxy groups -OCH3 is 1. The van der Waals surface area contributed by atoms with E-state index in [0.717, 1.165) is 20.4 Å². The molecule has 1 nitrogen and oxygen atoms in total. The molecule has 0 amide bonds. The molecule has 14 heavy (non-hydrogen) atoms. The Balaban J connectivity index is 2.75. The Morgan fingerprint density at radius 3 is 2.86 bits per heavy atom. The molecule has 0 fully saturated rings. The van der Waals surface area contributed by atoms with Crippen LogP contribution in [0, 0.1) is 0 Å². The van der Waals surface area contributed by atoms with Gasteiger partial charge in [0.1, 0.15) is 5.75 Å². The molecule has 0 atom stereocenters. The average molecular weight is 245 g/mol. The monoisotopic (exact) mass is 244 g/mol. The molecule has 0 spiro atoms. The van der Waals surface area contributed by atoms with Crippen molar-refractivity contribution in [1.29, 1.82) is 0 Å². The van der Waals surface area contributed by atoms with E-state index in [1.165, 1.54) is 4.70 Å². The summed E-state index contributed by atoms with van der Waals surface area (Å²) in [6, 6.07) is 6.11. The van der Waals surface area contributed by atoms with E-state index in [9.17, 15) is 0 Å². The van der Waals surface area contributed by atoms with E-state index >= 15 is 0 Å². The van der Waals surface area contributed by atoms with Crippen LogP contribution < -0.4 is 4.74 Å². The highest BCUT2D eigenvalue weighted by Gasteiger charge is 2.09. The summed E-state index contributed by atoms with van der Waals surface area (Å²) in [6.45, 7) is 0. The molecular formula is C10H9ClOS2. The minimum absolute atomic E-state index is 0.802. The van der Waals surface area contributed by atoms with E-state index in [1.807, 2.05) is 12.3 Å². The molecule has 0 unspecified atom stereocenters. The molecule has 0 bridgehead atoms. The van der Waals surface area contributed by atoms with Gasteiger partial charge < -0.3 is 4.74 Å². The number of ether oxygens (including phenoxy) is 1. The maximum atomic E-state index is 5.96. The van der Waals surface area contributed by atoms with Crippen LogP contribution in [0.4, 0.5) is 0 Å². The van der Waals surface area contributed by atoms with E-state index in [2.05, 4.69) is 12.1 Å². The minimum Gasteiger partial charge on any atom is -0.495 e. The molecule has 1 aromatic heterocycles. The molecule has 4 heteroatoms. The third kappa shape index (κ3) is 1.60. The van der Waals surface area contributed by atoms with Crippen LogP contribution in [0.3, 0.4) is 0 Å². The number of fused-ring (bicyclic) bond motifs is 1. The van der Waals surface area contributed by atoms with E-state index in [-0.39, 0.29) is 0 Å². The fourth-order valence-corrected chi connectivity index (χ4v) is 3.13. The lowest BCUT2D eigenvalue weighted by atomic mass is 10.2.